The van der Waals surface area contributed by atoms with Gasteiger partial charge in [0.25, 0.3) is 5.62 Å². The molecule has 0 aliphatic heterocycles. The third-order valence-corrected chi connectivity index (χ3v) is 6.27. The Balaban J connectivity index is 1.42. The molecule has 1 aromatic carbocycles. The van der Waals surface area contributed by atoms with E-state index in [-0.39, 0.29) is 17.6 Å². The number of H-pyrrole nitrogens is 2. The van der Waals surface area contributed by atoms with Crippen LogP contribution < -0.4 is 21.8 Å². The van der Waals surface area contributed by atoms with Gasteiger partial charge in [0.2, 0.25) is 11.8 Å². The molecule has 0 radical (unpaired) electrons. The summed E-state index contributed by atoms with van der Waals surface area (Å²) in [5.74, 6) is 0.200. The first-order chi connectivity index (χ1) is 15.6. The van der Waals surface area contributed by atoms with E-state index in [2.05, 4.69) is 53.5 Å². The number of hydrogen-bond donors (Lipinski definition) is 4. The van der Waals surface area contributed by atoms with Gasteiger partial charge in [-0.2, -0.15) is 19.6 Å². The van der Waals surface area contributed by atoms with Crippen LogP contribution in [0.5, 0.6) is 5.88 Å². The predicted octanol–water partition coefficient (Wildman–Crippen LogP) is 1.28. The van der Waals surface area contributed by atoms with Gasteiger partial charge in [-0.05, 0) is 36.4 Å². The lowest BCUT2D eigenvalue weighted by molar-refractivity contribution is 0.454. The molecule has 1 saturated carbocycles. The van der Waals surface area contributed by atoms with Crippen LogP contribution in [-0.2, 0) is 6.54 Å². The molecule has 0 amide bonds. The molecule has 32 heavy (non-hydrogen) atoms. The first-order valence-corrected chi connectivity index (χ1v) is 11.0. The van der Waals surface area contributed by atoms with Crippen LogP contribution in [0.2, 0.25) is 0 Å². The Kier molecular flexibility index (Phi) is 4.28. The van der Waals surface area contributed by atoms with E-state index in [0.717, 1.165) is 12.8 Å². The summed E-state index contributed by atoms with van der Waals surface area (Å²) in [5.41, 5.74) is 0.765. The summed E-state index contributed by atoms with van der Waals surface area (Å²) < 4.78 is 2.81. The molecule has 0 spiro atoms. The summed E-state index contributed by atoms with van der Waals surface area (Å²) in [6.07, 6.45) is 5.29. The number of rotatable bonds is 5. The molecule has 160 valence electrons. The fourth-order valence-electron chi connectivity index (χ4n) is 3.45. The van der Waals surface area contributed by atoms with Crippen molar-refractivity contribution in [3.63, 3.8) is 0 Å². The standard InChI is InChI=1S/C21H18N8O2S/c30-18-15(25-21(31)27-18)8-12-9-23-29-17(12)26-19(28-20(29)24-13-5-6-13)22-10-14-7-11-3-1-2-4-16(11)32-14/h1-4,7-9,13,30H,5-6,10H2,(H,22,24,28)(H2,25,27,31). The van der Waals surface area contributed by atoms with Crippen molar-refractivity contribution < 1.29 is 5.11 Å². The summed E-state index contributed by atoms with van der Waals surface area (Å²) in [7, 11) is 0. The molecule has 4 heterocycles. The Morgan fingerprint density at radius 2 is 2.16 bits per heavy atom. The Labute approximate surface area is 184 Å². The summed E-state index contributed by atoms with van der Waals surface area (Å²) in [5, 5.41) is 19.4. The maximum atomic E-state index is 11.5. The highest BCUT2D eigenvalue weighted by atomic mass is 32.1. The number of anilines is 1. The molecule has 5 aromatic rings. The number of imidazole rings is 1. The second-order valence-corrected chi connectivity index (χ2v) is 8.80. The summed E-state index contributed by atoms with van der Waals surface area (Å²) in [6, 6.07) is 10.7. The molecule has 10 nitrogen and oxygen atoms in total. The fraction of sp³-hybridized carbons (Fsp3) is 0.190. The number of hydrogen-bond acceptors (Lipinski definition) is 8. The van der Waals surface area contributed by atoms with Gasteiger partial charge in [-0.3, -0.25) is 4.98 Å². The molecule has 0 bridgehead atoms. The average molecular weight is 446 g/mol. The van der Waals surface area contributed by atoms with Crippen LogP contribution in [0, 0.1) is 0 Å². The maximum absolute atomic E-state index is 11.5. The number of thiophene rings is 1. The van der Waals surface area contributed by atoms with Crippen molar-refractivity contribution in [2.24, 2.45) is 4.99 Å². The minimum Gasteiger partial charge on any atom is -0.493 e. The van der Waals surface area contributed by atoms with E-state index in [0.29, 0.717) is 29.0 Å². The Morgan fingerprint density at radius 1 is 1.28 bits per heavy atom. The van der Waals surface area contributed by atoms with Gasteiger partial charge in [0.05, 0.1) is 18.8 Å². The molecule has 6 rings (SSSR count). The number of fused-ring (bicyclic) bond motifs is 2. The molecular formula is C21H18N8O2S. The number of benzene rings is 1. The quantitative estimate of drug-likeness (QED) is 0.321. The van der Waals surface area contributed by atoms with Gasteiger partial charge in [-0.15, -0.1) is 11.3 Å². The minimum absolute atomic E-state index is 0.241. The van der Waals surface area contributed by atoms with Gasteiger partial charge >= 0.3 is 5.69 Å². The molecule has 0 saturated heterocycles. The monoisotopic (exact) mass is 446 g/mol. The number of aromatic amines is 2. The van der Waals surface area contributed by atoms with Crippen LogP contribution in [-0.4, -0.2) is 40.7 Å². The van der Waals surface area contributed by atoms with Crippen molar-refractivity contribution in [2.75, 3.05) is 5.32 Å². The van der Waals surface area contributed by atoms with Gasteiger partial charge in [-0.1, -0.05) is 18.2 Å². The highest BCUT2D eigenvalue weighted by Crippen LogP contribution is 2.25. The van der Waals surface area contributed by atoms with Gasteiger partial charge in [0.1, 0.15) is 5.69 Å². The molecule has 0 atom stereocenters. The number of aromatic nitrogens is 6. The highest BCUT2D eigenvalue weighted by molar-refractivity contribution is 7.19. The maximum Gasteiger partial charge on any atom is 0.326 e. The van der Waals surface area contributed by atoms with Crippen LogP contribution in [0.4, 0.5) is 5.95 Å². The minimum atomic E-state index is -0.491. The third kappa shape index (κ3) is 3.52. The van der Waals surface area contributed by atoms with Crippen LogP contribution in [0.25, 0.3) is 21.8 Å². The third-order valence-electron chi connectivity index (χ3n) is 5.16. The number of aromatic hydroxyl groups is 1. The number of nitrogens with one attached hydrogen (secondary N) is 3. The molecular weight excluding hydrogens is 428 g/mol. The Bertz CT molecular complexity index is 1610. The SMILES string of the molecule is O=c1[nH]c(O)c(C=c2cnn3c(=NC4CC4)nc(NCc4cc5ccccc5s4)nc23)[nH]1. The van der Waals surface area contributed by atoms with Crippen molar-refractivity contribution in [2.45, 2.75) is 25.4 Å². The summed E-state index contributed by atoms with van der Waals surface area (Å²) in [6.45, 7) is 0.581. The molecule has 1 aliphatic rings. The number of nitrogens with zero attached hydrogens (tertiary/aromatic N) is 5. The van der Waals surface area contributed by atoms with Gasteiger partial charge in [-0.25, -0.2) is 9.79 Å². The molecule has 0 unspecified atom stereocenters. The Hall–Kier alpha value is -3.99. The lowest BCUT2D eigenvalue weighted by Gasteiger charge is -2.04. The van der Waals surface area contributed by atoms with Crippen molar-refractivity contribution in [1.82, 2.24) is 29.5 Å². The normalized spacial score (nSPS) is 15.2. The first kappa shape index (κ1) is 18.8. The van der Waals surface area contributed by atoms with E-state index in [1.165, 1.54) is 15.0 Å². The highest BCUT2D eigenvalue weighted by Gasteiger charge is 2.21. The zero-order valence-electron chi connectivity index (χ0n) is 16.7. The predicted molar refractivity (Wildman–Crippen MR) is 120 cm³/mol. The van der Waals surface area contributed by atoms with Gasteiger partial charge in [0, 0.05) is 14.8 Å². The van der Waals surface area contributed by atoms with Crippen molar-refractivity contribution in [3.05, 3.63) is 68.4 Å². The topological polar surface area (TPSA) is 136 Å². The second-order valence-electron chi connectivity index (χ2n) is 7.63. The van der Waals surface area contributed by atoms with Crippen LogP contribution >= 0.6 is 11.3 Å². The largest absolute Gasteiger partial charge is 0.493 e. The fourth-order valence-corrected chi connectivity index (χ4v) is 4.45. The second kappa shape index (κ2) is 7.31. The molecule has 1 fully saturated rings. The van der Waals surface area contributed by atoms with E-state index in [1.807, 2.05) is 12.1 Å². The van der Waals surface area contributed by atoms with E-state index in [1.54, 1.807) is 28.1 Å². The van der Waals surface area contributed by atoms with Crippen LogP contribution in [0.3, 0.4) is 0 Å². The van der Waals surface area contributed by atoms with E-state index < -0.39 is 5.69 Å². The van der Waals surface area contributed by atoms with Crippen molar-refractivity contribution in [3.8, 4) is 5.88 Å². The summed E-state index contributed by atoms with van der Waals surface area (Å²) in [4.78, 5) is 31.4. The average Bonchev–Trinajstić information content (AvgIpc) is 3.21. The molecule has 1 aliphatic carbocycles. The Morgan fingerprint density at radius 3 is 2.94 bits per heavy atom. The van der Waals surface area contributed by atoms with Gasteiger partial charge < -0.3 is 15.4 Å². The van der Waals surface area contributed by atoms with Crippen molar-refractivity contribution in [1.29, 1.82) is 0 Å². The lowest BCUT2D eigenvalue weighted by atomic mass is 10.2. The van der Waals surface area contributed by atoms with E-state index in [4.69, 9.17) is 0 Å². The smallest absolute Gasteiger partial charge is 0.326 e. The lowest BCUT2D eigenvalue weighted by Crippen LogP contribution is -2.24. The van der Waals surface area contributed by atoms with E-state index >= 15 is 0 Å². The molecule has 4 aromatic heterocycles. The summed E-state index contributed by atoms with van der Waals surface area (Å²) >= 11 is 1.73. The zero-order valence-corrected chi connectivity index (χ0v) is 17.6. The van der Waals surface area contributed by atoms with Gasteiger partial charge in [0.15, 0.2) is 5.65 Å². The first-order valence-electron chi connectivity index (χ1n) is 10.2. The van der Waals surface area contributed by atoms with E-state index in [9.17, 15) is 9.90 Å². The zero-order chi connectivity index (χ0) is 21.7. The molecule has 4 N–H and O–H groups in total. The van der Waals surface area contributed by atoms with Crippen LogP contribution in [0.1, 0.15) is 23.4 Å². The molecule has 11 heteroatoms. The van der Waals surface area contributed by atoms with Crippen molar-refractivity contribution >= 4 is 39.1 Å². The van der Waals surface area contributed by atoms with Crippen LogP contribution in [0.15, 0.2) is 46.3 Å².